The van der Waals surface area contributed by atoms with E-state index in [0.717, 1.165) is 5.56 Å². The molecule has 4 rings (SSSR count). The van der Waals surface area contributed by atoms with Crippen LogP contribution in [0.25, 0.3) is 6.08 Å². The Morgan fingerprint density at radius 1 is 1.18 bits per heavy atom. The predicted octanol–water partition coefficient (Wildman–Crippen LogP) is 3.47. The molecule has 0 saturated heterocycles. The van der Waals surface area contributed by atoms with Crippen LogP contribution in [0.1, 0.15) is 31.0 Å². The highest BCUT2D eigenvalue weighted by Gasteiger charge is 2.33. The molecule has 0 N–H and O–H groups in total. The summed E-state index contributed by atoms with van der Waals surface area (Å²) in [6, 6.07) is 11.7. The molecule has 0 spiro atoms. The van der Waals surface area contributed by atoms with Gasteiger partial charge in [-0.15, -0.1) is 0 Å². The van der Waals surface area contributed by atoms with Gasteiger partial charge in [-0.25, -0.2) is 9.79 Å². The molecule has 2 heterocycles. The number of hydrogen-bond acceptors (Lipinski definition) is 7. The number of allylic oxidation sites excluding steroid dienone is 1. The van der Waals surface area contributed by atoms with E-state index in [2.05, 4.69) is 4.99 Å². The van der Waals surface area contributed by atoms with Crippen LogP contribution in [0, 0.1) is 0 Å². The van der Waals surface area contributed by atoms with Crippen LogP contribution in [-0.4, -0.2) is 31.4 Å². The fourth-order valence-electron chi connectivity index (χ4n) is 3.85. The maximum absolute atomic E-state index is 13.7. The Hall–Kier alpha value is -3.36. The molecule has 7 nitrogen and oxygen atoms in total. The van der Waals surface area contributed by atoms with Crippen molar-refractivity contribution in [3.63, 3.8) is 0 Å². The molecule has 0 bridgehead atoms. The largest absolute Gasteiger partial charge is 0.497 e. The summed E-state index contributed by atoms with van der Waals surface area (Å²) in [6.07, 6.45) is 1.74. The lowest BCUT2D eigenvalue weighted by Gasteiger charge is -2.24. The molecule has 34 heavy (non-hydrogen) atoms. The smallest absolute Gasteiger partial charge is 0.338 e. The summed E-state index contributed by atoms with van der Waals surface area (Å²) in [5, 5.41) is 0.555. The Kier molecular flexibility index (Phi) is 6.90. The molecular weight excluding hydrogens is 476 g/mol. The first-order chi connectivity index (χ1) is 16.4. The van der Waals surface area contributed by atoms with Crippen molar-refractivity contribution < 1.29 is 19.0 Å². The van der Waals surface area contributed by atoms with Crippen LogP contribution in [0.5, 0.6) is 11.5 Å². The third kappa shape index (κ3) is 4.38. The molecule has 0 radical (unpaired) electrons. The van der Waals surface area contributed by atoms with Crippen LogP contribution in [0.15, 0.2) is 63.5 Å². The zero-order valence-corrected chi connectivity index (χ0v) is 20.7. The third-order valence-corrected chi connectivity index (χ3v) is 6.66. The van der Waals surface area contributed by atoms with Crippen molar-refractivity contribution in [3.8, 4) is 11.5 Å². The van der Waals surface area contributed by atoms with Gasteiger partial charge >= 0.3 is 5.97 Å². The van der Waals surface area contributed by atoms with E-state index >= 15 is 0 Å². The molecule has 3 aromatic rings. The SMILES string of the molecule is CCOC(=O)C1=C(C)N=c2sc(=Cc3cc(OC)ccc3OC)c(=O)n2[C@H]1c1ccc(Cl)cc1. The number of rotatable bonds is 6. The molecule has 0 saturated carbocycles. The molecule has 0 aliphatic carbocycles. The first kappa shape index (κ1) is 23.8. The van der Waals surface area contributed by atoms with Crippen LogP contribution in [0.2, 0.25) is 5.02 Å². The third-order valence-electron chi connectivity index (χ3n) is 5.43. The summed E-state index contributed by atoms with van der Waals surface area (Å²) < 4.78 is 18.1. The van der Waals surface area contributed by atoms with Gasteiger partial charge in [0.05, 0.1) is 42.7 Å². The monoisotopic (exact) mass is 498 g/mol. The van der Waals surface area contributed by atoms with E-state index in [1.54, 1.807) is 76.6 Å². The van der Waals surface area contributed by atoms with Crippen LogP contribution in [0.3, 0.4) is 0 Å². The van der Waals surface area contributed by atoms with Crippen molar-refractivity contribution in [1.82, 2.24) is 4.57 Å². The van der Waals surface area contributed by atoms with E-state index < -0.39 is 12.0 Å². The van der Waals surface area contributed by atoms with Gasteiger partial charge in [-0.05, 0) is 55.8 Å². The molecule has 1 atom stereocenters. The first-order valence-electron chi connectivity index (χ1n) is 10.5. The minimum atomic E-state index is -0.693. The number of methoxy groups -OCH3 is 2. The Labute approximate surface area is 205 Å². The van der Waals surface area contributed by atoms with Gasteiger partial charge in [-0.3, -0.25) is 9.36 Å². The second kappa shape index (κ2) is 9.87. The Bertz CT molecular complexity index is 1450. The molecule has 9 heteroatoms. The van der Waals surface area contributed by atoms with Crippen LogP contribution in [0.4, 0.5) is 0 Å². The van der Waals surface area contributed by atoms with Crippen molar-refractivity contribution in [2.45, 2.75) is 19.9 Å². The minimum absolute atomic E-state index is 0.211. The number of ether oxygens (including phenoxy) is 3. The van der Waals surface area contributed by atoms with Crippen LogP contribution < -0.4 is 24.4 Å². The van der Waals surface area contributed by atoms with E-state index in [0.29, 0.717) is 42.7 Å². The van der Waals surface area contributed by atoms with Gasteiger partial charge in [0, 0.05) is 10.6 Å². The molecule has 0 unspecified atom stereocenters. The quantitative estimate of drug-likeness (QED) is 0.486. The fourth-order valence-corrected chi connectivity index (χ4v) is 5.01. The second-order valence-corrected chi connectivity index (χ2v) is 8.91. The molecule has 2 aromatic carbocycles. The number of aromatic nitrogens is 1. The highest BCUT2D eigenvalue weighted by Crippen LogP contribution is 2.31. The number of hydrogen-bond donors (Lipinski definition) is 0. The standard InChI is InChI=1S/C25H23ClN2O5S/c1-5-33-24(30)21-14(2)27-25-28(22(21)15-6-8-17(26)9-7-15)23(29)20(34-25)13-16-12-18(31-3)10-11-19(16)32-4/h6-13,22H,5H2,1-4H3/t22-/m0/s1. The van der Waals surface area contributed by atoms with E-state index in [1.165, 1.54) is 15.9 Å². The zero-order chi connectivity index (χ0) is 24.4. The molecule has 1 aromatic heterocycles. The lowest BCUT2D eigenvalue weighted by Crippen LogP contribution is -2.39. The van der Waals surface area contributed by atoms with Crippen molar-refractivity contribution in [2.24, 2.45) is 4.99 Å². The molecule has 0 fully saturated rings. The summed E-state index contributed by atoms with van der Waals surface area (Å²) in [5.41, 5.74) is 1.97. The number of thiazole rings is 1. The number of carbonyl (C=O) groups is 1. The lowest BCUT2D eigenvalue weighted by atomic mass is 9.96. The fraction of sp³-hybridized carbons (Fsp3) is 0.240. The molecular formula is C25H23ClN2O5S. The molecule has 0 amide bonds. The normalized spacial score (nSPS) is 15.6. The van der Waals surface area contributed by atoms with Crippen molar-refractivity contribution in [2.75, 3.05) is 20.8 Å². The highest BCUT2D eigenvalue weighted by molar-refractivity contribution is 7.07. The topological polar surface area (TPSA) is 79.1 Å². The number of benzene rings is 2. The van der Waals surface area contributed by atoms with Gasteiger partial charge in [0.2, 0.25) is 0 Å². The van der Waals surface area contributed by atoms with Crippen molar-refractivity contribution in [3.05, 3.63) is 89.6 Å². The van der Waals surface area contributed by atoms with E-state index in [-0.39, 0.29) is 12.2 Å². The van der Waals surface area contributed by atoms with E-state index in [9.17, 15) is 9.59 Å². The van der Waals surface area contributed by atoms with Gasteiger partial charge in [-0.2, -0.15) is 0 Å². The summed E-state index contributed by atoms with van der Waals surface area (Å²) in [5.74, 6) is 0.732. The Morgan fingerprint density at radius 3 is 2.56 bits per heavy atom. The number of esters is 1. The lowest BCUT2D eigenvalue weighted by molar-refractivity contribution is -0.139. The summed E-state index contributed by atoms with van der Waals surface area (Å²) in [7, 11) is 3.14. The Balaban J connectivity index is 1.96. The van der Waals surface area contributed by atoms with Crippen LogP contribution in [-0.2, 0) is 9.53 Å². The number of carbonyl (C=O) groups excluding carboxylic acids is 1. The molecule has 1 aliphatic heterocycles. The maximum Gasteiger partial charge on any atom is 0.338 e. The second-order valence-electron chi connectivity index (χ2n) is 7.46. The molecule has 1 aliphatic rings. The van der Waals surface area contributed by atoms with Crippen molar-refractivity contribution >= 4 is 35.0 Å². The number of halogens is 1. The highest BCUT2D eigenvalue weighted by atomic mass is 35.5. The van der Waals surface area contributed by atoms with Crippen molar-refractivity contribution in [1.29, 1.82) is 0 Å². The minimum Gasteiger partial charge on any atom is -0.497 e. The number of fused-ring (bicyclic) bond motifs is 1. The molecule has 176 valence electrons. The summed E-state index contributed by atoms with van der Waals surface area (Å²) in [6.45, 7) is 3.70. The number of nitrogens with zero attached hydrogens (tertiary/aromatic N) is 2. The van der Waals surface area contributed by atoms with Crippen LogP contribution >= 0.6 is 22.9 Å². The average molecular weight is 499 g/mol. The zero-order valence-electron chi connectivity index (χ0n) is 19.1. The van der Waals surface area contributed by atoms with E-state index in [1.807, 2.05) is 0 Å². The summed E-state index contributed by atoms with van der Waals surface area (Å²) in [4.78, 5) is 31.7. The van der Waals surface area contributed by atoms with Gasteiger partial charge in [0.15, 0.2) is 4.80 Å². The average Bonchev–Trinajstić information content (AvgIpc) is 3.13. The Morgan fingerprint density at radius 2 is 1.91 bits per heavy atom. The van der Waals surface area contributed by atoms with Gasteiger partial charge < -0.3 is 14.2 Å². The first-order valence-corrected chi connectivity index (χ1v) is 11.7. The van der Waals surface area contributed by atoms with Gasteiger partial charge in [0.1, 0.15) is 11.5 Å². The van der Waals surface area contributed by atoms with Gasteiger partial charge in [-0.1, -0.05) is 35.1 Å². The predicted molar refractivity (Wildman–Crippen MR) is 131 cm³/mol. The maximum atomic E-state index is 13.7. The van der Waals surface area contributed by atoms with E-state index in [4.69, 9.17) is 25.8 Å². The summed E-state index contributed by atoms with van der Waals surface area (Å²) >= 11 is 7.33. The van der Waals surface area contributed by atoms with Gasteiger partial charge in [0.25, 0.3) is 5.56 Å².